The molecule has 6 heteroatoms. The lowest BCUT2D eigenvalue weighted by Gasteiger charge is -2.07. The van der Waals surface area contributed by atoms with Gasteiger partial charge in [-0.05, 0) is 30.3 Å². The minimum Gasteiger partial charge on any atom is -0.308 e. The number of halogens is 1. The number of anilines is 2. The van der Waals surface area contributed by atoms with E-state index in [0.29, 0.717) is 22.1 Å². The molecule has 2 amide bonds. The standard InChI is InChI=1S/C13H9ClN4O/c14-10-2-1-3-11(6-10)17-13(19)18-12-5-4-9(7-15)8-16-12/h1-6,8H,(H2,16,17,18,19). The van der Waals surface area contributed by atoms with Crippen LogP contribution in [-0.2, 0) is 0 Å². The maximum Gasteiger partial charge on any atom is 0.324 e. The van der Waals surface area contributed by atoms with Gasteiger partial charge in [-0.1, -0.05) is 17.7 Å². The summed E-state index contributed by atoms with van der Waals surface area (Å²) in [5.41, 5.74) is 1.01. The topological polar surface area (TPSA) is 77.8 Å². The molecule has 0 aliphatic carbocycles. The van der Waals surface area contributed by atoms with Gasteiger partial charge in [-0.15, -0.1) is 0 Å². The Morgan fingerprint density at radius 2 is 2.11 bits per heavy atom. The fraction of sp³-hybridized carbons (Fsp3) is 0. The molecular weight excluding hydrogens is 264 g/mol. The SMILES string of the molecule is N#Cc1ccc(NC(=O)Nc2cccc(Cl)c2)nc1. The van der Waals surface area contributed by atoms with E-state index in [1.54, 1.807) is 36.4 Å². The first kappa shape index (κ1) is 12.9. The van der Waals surface area contributed by atoms with E-state index < -0.39 is 6.03 Å². The summed E-state index contributed by atoms with van der Waals surface area (Å²) in [6, 6.07) is 11.4. The van der Waals surface area contributed by atoms with Gasteiger partial charge in [0.1, 0.15) is 11.9 Å². The zero-order valence-electron chi connectivity index (χ0n) is 9.72. The number of carbonyl (C=O) groups excluding carboxylic acids is 1. The van der Waals surface area contributed by atoms with E-state index in [9.17, 15) is 4.79 Å². The lowest BCUT2D eigenvalue weighted by Crippen LogP contribution is -2.19. The van der Waals surface area contributed by atoms with Gasteiger partial charge in [0.15, 0.2) is 0 Å². The number of benzene rings is 1. The van der Waals surface area contributed by atoms with Gasteiger partial charge in [0.25, 0.3) is 0 Å². The highest BCUT2D eigenvalue weighted by Gasteiger charge is 2.03. The number of nitrogens with zero attached hydrogens (tertiary/aromatic N) is 2. The third-order valence-electron chi connectivity index (χ3n) is 2.22. The van der Waals surface area contributed by atoms with Gasteiger partial charge in [0.2, 0.25) is 0 Å². The summed E-state index contributed by atoms with van der Waals surface area (Å²) in [5.74, 6) is 0.360. The average Bonchev–Trinajstić information content (AvgIpc) is 2.39. The van der Waals surface area contributed by atoms with E-state index in [1.165, 1.54) is 6.20 Å². The molecule has 1 heterocycles. The minimum atomic E-state index is -0.431. The first-order valence-corrected chi connectivity index (χ1v) is 5.75. The molecule has 19 heavy (non-hydrogen) atoms. The van der Waals surface area contributed by atoms with Crippen molar-refractivity contribution in [3.05, 3.63) is 53.2 Å². The molecule has 2 aromatic rings. The Balaban J connectivity index is 1.99. The van der Waals surface area contributed by atoms with Crippen molar-refractivity contribution >= 4 is 29.1 Å². The number of nitriles is 1. The minimum absolute atomic E-state index is 0.360. The molecule has 2 N–H and O–H groups in total. The van der Waals surface area contributed by atoms with Crippen LogP contribution in [0.4, 0.5) is 16.3 Å². The van der Waals surface area contributed by atoms with Crippen LogP contribution in [0.3, 0.4) is 0 Å². The van der Waals surface area contributed by atoms with Crippen LogP contribution in [-0.4, -0.2) is 11.0 Å². The summed E-state index contributed by atoms with van der Waals surface area (Å²) in [6.45, 7) is 0. The van der Waals surface area contributed by atoms with Crippen molar-refractivity contribution in [2.24, 2.45) is 0 Å². The van der Waals surface area contributed by atoms with Crippen LogP contribution in [0.2, 0.25) is 5.02 Å². The molecule has 0 unspecified atom stereocenters. The number of hydrogen-bond acceptors (Lipinski definition) is 3. The van der Waals surface area contributed by atoms with E-state index in [1.807, 2.05) is 6.07 Å². The summed E-state index contributed by atoms with van der Waals surface area (Å²) in [6.07, 6.45) is 1.38. The van der Waals surface area contributed by atoms with Crippen molar-refractivity contribution in [1.82, 2.24) is 4.98 Å². The predicted octanol–water partition coefficient (Wildman–Crippen LogP) is 3.25. The Bertz CT molecular complexity index is 634. The Hall–Kier alpha value is -2.58. The predicted molar refractivity (Wildman–Crippen MR) is 73.0 cm³/mol. The Morgan fingerprint density at radius 3 is 2.74 bits per heavy atom. The van der Waals surface area contributed by atoms with Crippen LogP contribution >= 0.6 is 11.6 Å². The number of aromatic nitrogens is 1. The third kappa shape index (κ3) is 3.69. The second kappa shape index (κ2) is 5.85. The molecule has 0 saturated heterocycles. The Kier molecular flexibility index (Phi) is 3.96. The molecule has 0 saturated carbocycles. The second-order valence-corrected chi connectivity index (χ2v) is 4.07. The smallest absolute Gasteiger partial charge is 0.308 e. The van der Waals surface area contributed by atoms with Crippen molar-refractivity contribution < 1.29 is 4.79 Å². The molecule has 1 aromatic carbocycles. The summed E-state index contributed by atoms with van der Waals surface area (Å²) >= 11 is 5.81. The van der Waals surface area contributed by atoms with Gasteiger partial charge >= 0.3 is 6.03 Å². The zero-order valence-corrected chi connectivity index (χ0v) is 10.5. The van der Waals surface area contributed by atoms with E-state index in [4.69, 9.17) is 16.9 Å². The number of rotatable bonds is 2. The highest BCUT2D eigenvalue weighted by Crippen LogP contribution is 2.15. The fourth-order valence-corrected chi connectivity index (χ4v) is 1.57. The van der Waals surface area contributed by atoms with Gasteiger partial charge in [-0.2, -0.15) is 5.26 Å². The molecule has 0 radical (unpaired) electrons. The van der Waals surface area contributed by atoms with Crippen LogP contribution < -0.4 is 10.6 Å². The fourth-order valence-electron chi connectivity index (χ4n) is 1.38. The number of carbonyl (C=O) groups is 1. The zero-order chi connectivity index (χ0) is 13.7. The van der Waals surface area contributed by atoms with Crippen molar-refractivity contribution in [3.8, 4) is 6.07 Å². The number of nitrogens with one attached hydrogen (secondary N) is 2. The number of hydrogen-bond donors (Lipinski definition) is 2. The number of amides is 2. The summed E-state index contributed by atoms with van der Waals surface area (Å²) < 4.78 is 0. The van der Waals surface area contributed by atoms with Crippen LogP contribution in [0.1, 0.15) is 5.56 Å². The second-order valence-electron chi connectivity index (χ2n) is 3.63. The van der Waals surface area contributed by atoms with Gasteiger partial charge in [-0.3, -0.25) is 5.32 Å². The molecular formula is C13H9ClN4O. The first-order chi connectivity index (χ1) is 9.17. The highest BCUT2D eigenvalue weighted by atomic mass is 35.5. The quantitative estimate of drug-likeness (QED) is 0.881. The molecule has 0 fully saturated rings. The molecule has 5 nitrogen and oxygen atoms in total. The molecule has 94 valence electrons. The van der Waals surface area contributed by atoms with Gasteiger partial charge in [0.05, 0.1) is 5.56 Å². The lowest BCUT2D eigenvalue weighted by molar-refractivity contribution is 0.262. The van der Waals surface area contributed by atoms with Crippen LogP contribution in [0, 0.1) is 11.3 Å². The first-order valence-electron chi connectivity index (χ1n) is 5.37. The summed E-state index contributed by atoms with van der Waals surface area (Å²) in [5, 5.41) is 14.3. The summed E-state index contributed by atoms with van der Waals surface area (Å²) in [4.78, 5) is 15.6. The molecule has 0 bridgehead atoms. The molecule has 0 atom stereocenters. The van der Waals surface area contributed by atoms with Gasteiger partial charge < -0.3 is 5.32 Å². The summed E-state index contributed by atoms with van der Waals surface area (Å²) in [7, 11) is 0. The number of urea groups is 1. The van der Waals surface area contributed by atoms with Crippen molar-refractivity contribution in [3.63, 3.8) is 0 Å². The monoisotopic (exact) mass is 272 g/mol. The normalized spacial score (nSPS) is 9.47. The van der Waals surface area contributed by atoms with E-state index in [-0.39, 0.29) is 0 Å². The molecule has 1 aromatic heterocycles. The largest absolute Gasteiger partial charge is 0.324 e. The van der Waals surface area contributed by atoms with Crippen LogP contribution in [0.15, 0.2) is 42.6 Å². The average molecular weight is 273 g/mol. The molecule has 2 rings (SSSR count). The van der Waals surface area contributed by atoms with E-state index in [0.717, 1.165) is 0 Å². The van der Waals surface area contributed by atoms with E-state index >= 15 is 0 Å². The third-order valence-corrected chi connectivity index (χ3v) is 2.45. The number of pyridine rings is 1. The maximum atomic E-state index is 11.7. The van der Waals surface area contributed by atoms with Gasteiger partial charge in [-0.25, -0.2) is 9.78 Å². The van der Waals surface area contributed by atoms with Crippen molar-refractivity contribution in [2.45, 2.75) is 0 Å². The Morgan fingerprint density at radius 1 is 1.26 bits per heavy atom. The molecule has 0 aliphatic rings. The van der Waals surface area contributed by atoms with Crippen LogP contribution in [0.25, 0.3) is 0 Å². The van der Waals surface area contributed by atoms with E-state index in [2.05, 4.69) is 15.6 Å². The van der Waals surface area contributed by atoms with Crippen molar-refractivity contribution in [2.75, 3.05) is 10.6 Å². The molecule has 0 aliphatic heterocycles. The lowest BCUT2D eigenvalue weighted by atomic mass is 10.3. The maximum absolute atomic E-state index is 11.7. The highest BCUT2D eigenvalue weighted by molar-refractivity contribution is 6.30. The Labute approximate surface area is 114 Å². The van der Waals surface area contributed by atoms with Crippen molar-refractivity contribution in [1.29, 1.82) is 5.26 Å². The van der Waals surface area contributed by atoms with Crippen LogP contribution in [0.5, 0.6) is 0 Å². The van der Waals surface area contributed by atoms with Gasteiger partial charge in [0, 0.05) is 16.9 Å². The molecule has 0 spiro atoms.